The summed E-state index contributed by atoms with van der Waals surface area (Å²) in [6, 6.07) is 8.93. The fourth-order valence-corrected chi connectivity index (χ4v) is 3.66. The average Bonchev–Trinajstić information content (AvgIpc) is 2.76. The van der Waals surface area contributed by atoms with Crippen LogP contribution in [0.2, 0.25) is 5.02 Å². The molecule has 4 rings (SSSR count). The maximum Gasteiger partial charge on any atom is 0.271 e. The molecule has 0 saturated heterocycles. The molecule has 3 heterocycles. The van der Waals surface area contributed by atoms with Gasteiger partial charge in [-0.1, -0.05) is 23.7 Å². The van der Waals surface area contributed by atoms with Crippen LogP contribution >= 0.6 is 11.6 Å². The minimum atomic E-state index is -0.233. The van der Waals surface area contributed by atoms with Gasteiger partial charge in [-0.05, 0) is 30.8 Å². The van der Waals surface area contributed by atoms with E-state index in [0.717, 1.165) is 30.8 Å². The number of hydrogen-bond acceptors (Lipinski definition) is 7. The molecule has 2 aromatic heterocycles. The molecule has 9 nitrogen and oxygen atoms in total. The van der Waals surface area contributed by atoms with E-state index in [2.05, 4.69) is 30.5 Å². The van der Waals surface area contributed by atoms with Crippen LogP contribution < -0.4 is 16.2 Å². The lowest BCUT2D eigenvalue weighted by Gasteiger charge is -2.24. The molecule has 1 aliphatic heterocycles. The van der Waals surface area contributed by atoms with Crippen molar-refractivity contribution in [3.8, 4) is 0 Å². The highest BCUT2D eigenvalue weighted by atomic mass is 35.5. The number of aromatic amines is 1. The maximum absolute atomic E-state index is 12.5. The summed E-state index contributed by atoms with van der Waals surface area (Å²) in [6.07, 6.45) is 2.24. The molecular formula is C22H24ClN7O2. The highest BCUT2D eigenvalue weighted by Gasteiger charge is 2.18. The third-order valence-electron chi connectivity index (χ3n) is 5.21. The Morgan fingerprint density at radius 2 is 2.00 bits per heavy atom. The minimum absolute atomic E-state index is 0.151. The second-order valence-electron chi connectivity index (χ2n) is 7.89. The van der Waals surface area contributed by atoms with Gasteiger partial charge in [-0.25, -0.2) is 4.98 Å². The van der Waals surface area contributed by atoms with Gasteiger partial charge in [0.2, 0.25) is 5.95 Å². The van der Waals surface area contributed by atoms with Gasteiger partial charge < -0.3 is 25.4 Å². The van der Waals surface area contributed by atoms with Crippen molar-refractivity contribution in [2.24, 2.45) is 0 Å². The lowest BCUT2D eigenvalue weighted by atomic mass is 10.1. The van der Waals surface area contributed by atoms with Gasteiger partial charge >= 0.3 is 0 Å². The lowest BCUT2D eigenvalue weighted by Crippen LogP contribution is -2.29. The molecule has 32 heavy (non-hydrogen) atoms. The van der Waals surface area contributed by atoms with Crippen LogP contribution in [0.3, 0.4) is 0 Å². The zero-order chi connectivity index (χ0) is 22.8. The molecular weight excluding hydrogens is 430 g/mol. The van der Waals surface area contributed by atoms with Crippen LogP contribution in [0, 0.1) is 0 Å². The summed E-state index contributed by atoms with van der Waals surface area (Å²) in [5, 5.41) is 6.38. The first-order chi connectivity index (χ1) is 15.3. The summed E-state index contributed by atoms with van der Waals surface area (Å²) < 4.78 is 0. The van der Waals surface area contributed by atoms with E-state index >= 15 is 0 Å². The number of hydrogen-bond donors (Lipinski definition) is 3. The quantitative estimate of drug-likeness (QED) is 0.545. The summed E-state index contributed by atoms with van der Waals surface area (Å²) in [5.41, 5.74) is 3.19. The molecule has 1 aliphatic rings. The van der Waals surface area contributed by atoms with Gasteiger partial charge in [0.1, 0.15) is 10.7 Å². The molecule has 0 aliphatic carbocycles. The molecule has 3 N–H and O–H groups in total. The molecule has 0 bridgehead atoms. The van der Waals surface area contributed by atoms with Crippen molar-refractivity contribution in [2.45, 2.75) is 13.0 Å². The van der Waals surface area contributed by atoms with Crippen LogP contribution in [0.25, 0.3) is 0 Å². The normalized spacial score (nSPS) is 13.4. The molecule has 0 spiro atoms. The summed E-state index contributed by atoms with van der Waals surface area (Å²) in [4.78, 5) is 40.3. The van der Waals surface area contributed by atoms with Crippen molar-refractivity contribution >= 4 is 40.6 Å². The molecule has 0 radical (unpaired) electrons. The number of carbonyl (C=O) groups excluding carboxylic acids is 1. The number of amides is 1. The van der Waals surface area contributed by atoms with Crippen molar-refractivity contribution in [2.75, 3.05) is 38.3 Å². The third-order valence-corrected chi connectivity index (χ3v) is 5.48. The smallest absolute Gasteiger partial charge is 0.271 e. The van der Waals surface area contributed by atoms with E-state index in [1.54, 1.807) is 32.3 Å². The Labute approximate surface area is 190 Å². The first-order valence-corrected chi connectivity index (χ1v) is 10.5. The largest absolute Gasteiger partial charge is 0.345 e. The number of aromatic nitrogens is 3. The number of benzene rings is 1. The van der Waals surface area contributed by atoms with E-state index in [1.165, 1.54) is 11.1 Å². The second kappa shape index (κ2) is 8.97. The van der Waals surface area contributed by atoms with Crippen molar-refractivity contribution in [3.63, 3.8) is 0 Å². The number of carbonyl (C=O) groups is 1. The molecule has 3 aromatic rings. The fourth-order valence-electron chi connectivity index (χ4n) is 3.52. The molecule has 10 heteroatoms. The van der Waals surface area contributed by atoms with Gasteiger partial charge in [0.25, 0.3) is 11.5 Å². The third kappa shape index (κ3) is 4.58. The zero-order valence-corrected chi connectivity index (χ0v) is 18.8. The molecule has 1 amide bonds. The number of rotatable bonds is 5. The van der Waals surface area contributed by atoms with Crippen molar-refractivity contribution in [1.82, 2.24) is 24.8 Å². The van der Waals surface area contributed by atoms with Crippen molar-refractivity contribution in [1.29, 1.82) is 0 Å². The van der Waals surface area contributed by atoms with Gasteiger partial charge in [-0.15, -0.1) is 0 Å². The number of likely N-dealkylation sites (N-methyl/N-ethyl adjacent to an activating group) is 1. The number of nitrogens with one attached hydrogen (secondary N) is 3. The van der Waals surface area contributed by atoms with Crippen molar-refractivity contribution < 1.29 is 4.79 Å². The Hall–Kier alpha value is -3.43. The summed E-state index contributed by atoms with van der Waals surface area (Å²) >= 11 is 6.30. The standard InChI is InChI=1S/C22H24ClN7O2/c1-29(2)21(32)14-6-4-5-7-17(14)25-19-15(23)11-24-22(28-19)27-18-10-13-12-30(3)9-8-16(13)26-20(18)31/h4-7,10-11H,8-9,12H2,1-3H3,(H,26,31)(H2,24,25,27,28). The van der Waals surface area contributed by atoms with Crippen LogP contribution in [-0.4, -0.2) is 58.3 Å². The highest BCUT2D eigenvalue weighted by Crippen LogP contribution is 2.27. The number of nitrogens with zero attached hydrogens (tertiary/aromatic N) is 4. The summed E-state index contributed by atoms with van der Waals surface area (Å²) in [7, 11) is 5.42. The molecule has 166 valence electrons. The second-order valence-corrected chi connectivity index (χ2v) is 8.30. The van der Waals surface area contributed by atoms with E-state index in [-0.39, 0.29) is 22.4 Å². The maximum atomic E-state index is 12.5. The summed E-state index contributed by atoms with van der Waals surface area (Å²) in [5.74, 6) is 0.377. The molecule has 0 unspecified atom stereocenters. The van der Waals surface area contributed by atoms with E-state index in [9.17, 15) is 9.59 Å². The van der Waals surface area contributed by atoms with Gasteiger partial charge in [0.15, 0.2) is 5.82 Å². The van der Waals surface area contributed by atoms with E-state index in [4.69, 9.17) is 11.6 Å². The monoisotopic (exact) mass is 453 g/mol. The highest BCUT2D eigenvalue weighted by molar-refractivity contribution is 6.33. The van der Waals surface area contributed by atoms with Crippen LogP contribution in [0.15, 0.2) is 41.3 Å². The number of H-pyrrole nitrogens is 1. The molecule has 1 aromatic carbocycles. The number of anilines is 4. The fraction of sp³-hybridized carbons (Fsp3) is 0.273. The Kier molecular flexibility index (Phi) is 6.11. The predicted molar refractivity (Wildman–Crippen MR) is 125 cm³/mol. The average molecular weight is 454 g/mol. The minimum Gasteiger partial charge on any atom is -0.345 e. The van der Waals surface area contributed by atoms with E-state index in [1.807, 2.05) is 19.2 Å². The lowest BCUT2D eigenvalue weighted by molar-refractivity contribution is 0.0828. The van der Waals surface area contributed by atoms with E-state index < -0.39 is 0 Å². The number of para-hydroxylation sites is 1. The first kappa shape index (κ1) is 21.8. The van der Waals surface area contributed by atoms with Crippen molar-refractivity contribution in [3.05, 3.63) is 68.7 Å². The Morgan fingerprint density at radius 1 is 1.22 bits per heavy atom. The van der Waals surface area contributed by atoms with Crippen LogP contribution in [-0.2, 0) is 13.0 Å². The Morgan fingerprint density at radius 3 is 2.78 bits per heavy atom. The number of halogens is 1. The Bertz CT molecular complexity index is 1230. The summed E-state index contributed by atoms with van der Waals surface area (Å²) in [6.45, 7) is 1.66. The van der Waals surface area contributed by atoms with Gasteiger partial charge in [0, 0.05) is 39.3 Å². The topological polar surface area (TPSA) is 106 Å². The molecule has 0 saturated carbocycles. The first-order valence-electron chi connectivity index (χ1n) is 10.1. The van der Waals surface area contributed by atoms with Crippen LogP contribution in [0.4, 0.5) is 23.1 Å². The SMILES string of the molecule is CN1CCc2[nH]c(=O)c(Nc3ncc(Cl)c(Nc4ccccc4C(=O)N(C)C)n3)cc2C1. The Balaban J connectivity index is 1.62. The zero-order valence-electron chi connectivity index (χ0n) is 18.1. The van der Waals surface area contributed by atoms with Gasteiger partial charge in [-0.2, -0.15) is 4.98 Å². The number of pyridine rings is 1. The van der Waals surface area contributed by atoms with Gasteiger partial charge in [0.05, 0.1) is 17.4 Å². The van der Waals surface area contributed by atoms with E-state index in [0.29, 0.717) is 22.8 Å². The predicted octanol–water partition coefficient (Wildman–Crippen LogP) is 3.00. The van der Waals surface area contributed by atoms with Gasteiger partial charge in [-0.3, -0.25) is 9.59 Å². The molecule has 0 atom stereocenters. The van der Waals surface area contributed by atoms with Crippen LogP contribution in [0.1, 0.15) is 21.6 Å². The molecule has 0 fully saturated rings. The van der Waals surface area contributed by atoms with Crippen LogP contribution in [0.5, 0.6) is 0 Å². The number of fused-ring (bicyclic) bond motifs is 1.